The van der Waals surface area contributed by atoms with Crippen LogP contribution in [0.2, 0.25) is 0 Å². The Labute approximate surface area is 255 Å². The van der Waals surface area contributed by atoms with E-state index in [0.29, 0.717) is 0 Å². The van der Waals surface area contributed by atoms with Gasteiger partial charge in [-0.2, -0.15) is 26.3 Å². The summed E-state index contributed by atoms with van der Waals surface area (Å²) in [5, 5.41) is 1.76. The molecule has 0 spiro atoms. The molecule has 0 unspecified atom stereocenters. The minimum atomic E-state index is -6.68. The van der Waals surface area contributed by atoms with Crippen LogP contribution in [0.25, 0.3) is 0 Å². The Balaban J connectivity index is 1.77. The summed E-state index contributed by atoms with van der Waals surface area (Å²) in [4.78, 5) is 27.4. The van der Waals surface area contributed by atoms with Crippen molar-refractivity contribution in [3.05, 3.63) is 87.6 Å². The van der Waals surface area contributed by atoms with Gasteiger partial charge >= 0.3 is 24.4 Å². The Kier molecular flexibility index (Phi) is 9.17. The zero-order valence-electron chi connectivity index (χ0n) is 22.2. The maximum atomic E-state index is 15.8. The molecule has 3 aromatic carbocycles. The fourth-order valence-electron chi connectivity index (χ4n) is 4.27. The number of carbonyl (C=O) groups is 2. The summed E-state index contributed by atoms with van der Waals surface area (Å²) in [6, 6.07) is 10.2. The van der Waals surface area contributed by atoms with E-state index in [9.17, 15) is 53.5 Å². The summed E-state index contributed by atoms with van der Waals surface area (Å²) in [5.41, 5.74) is -10.8. The van der Waals surface area contributed by atoms with Crippen LogP contribution in [-0.4, -0.2) is 37.1 Å². The highest BCUT2D eigenvalue weighted by molar-refractivity contribution is 9.10. The number of amides is 2. The largest absolute Gasteiger partial charge is 0.573 e. The summed E-state index contributed by atoms with van der Waals surface area (Å²) in [6.45, 7) is 0.0513. The van der Waals surface area contributed by atoms with Gasteiger partial charge in [0.25, 0.3) is 11.8 Å². The molecule has 17 heteroatoms. The highest BCUT2D eigenvalue weighted by atomic mass is 79.9. The van der Waals surface area contributed by atoms with Crippen LogP contribution in [0.3, 0.4) is 0 Å². The second kappa shape index (κ2) is 12.1. The standard InChI is InChI=1S/C28H18BrF11N2O3/c29-18-11-16(25(31,26(32,33)34)27(35,36)37)12-20(45-28(38,39)40)22(18)41-23(43)17-7-4-8-19(21(17)30)42(13-14-9-10-14)24(44)15-5-2-1-3-6-15/h1-8,11-12,14H,9-10,13H2,(H,41,43). The Hall–Kier alpha value is -3.89. The molecular weight excluding hydrogens is 701 g/mol. The van der Waals surface area contributed by atoms with E-state index in [1.165, 1.54) is 12.1 Å². The van der Waals surface area contributed by atoms with E-state index in [4.69, 9.17) is 0 Å². The van der Waals surface area contributed by atoms with Crippen LogP contribution in [-0.2, 0) is 5.67 Å². The summed E-state index contributed by atoms with van der Waals surface area (Å²) in [5.74, 6) is -5.35. The van der Waals surface area contributed by atoms with Crippen molar-refractivity contribution < 1.29 is 62.6 Å². The Morgan fingerprint density at radius 1 is 0.867 bits per heavy atom. The molecule has 0 atom stereocenters. The van der Waals surface area contributed by atoms with Gasteiger partial charge < -0.3 is 15.0 Å². The maximum absolute atomic E-state index is 15.8. The average molecular weight is 719 g/mol. The van der Waals surface area contributed by atoms with E-state index in [0.717, 1.165) is 35.9 Å². The molecule has 0 saturated heterocycles. The Morgan fingerprint density at radius 2 is 1.47 bits per heavy atom. The van der Waals surface area contributed by atoms with E-state index in [1.54, 1.807) is 23.5 Å². The smallest absolute Gasteiger partial charge is 0.404 e. The van der Waals surface area contributed by atoms with Gasteiger partial charge in [-0.25, -0.2) is 8.78 Å². The number of anilines is 2. The van der Waals surface area contributed by atoms with Crippen LogP contribution >= 0.6 is 15.9 Å². The molecule has 1 aliphatic carbocycles. The third-order valence-electron chi connectivity index (χ3n) is 6.61. The third-order valence-corrected chi connectivity index (χ3v) is 7.24. The highest BCUT2D eigenvalue weighted by Crippen LogP contribution is 2.55. The number of carbonyl (C=O) groups excluding carboxylic acids is 2. The fraction of sp³-hybridized carbons (Fsp3) is 0.286. The normalized spacial score (nSPS) is 14.2. The average Bonchev–Trinajstić information content (AvgIpc) is 3.75. The lowest BCUT2D eigenvalue weighted by atomic mass is 9.93. The second-order valence-corrected chi connectivity index (χ2v) is 10.7. The van der Waals surface area contributed by atoms with Crippen molar-refractivity contribution in [2.75, 3.05) is 16.8 Å². The molecule has 1 aliphatic rings. The van der Waals surface area contributed by atoms with Crippen LogP contribution in [0.15, 0.2) is 65.1 Å². The van der Waals surface area contributed by atoms with Gasteiger partial charge in [0.15, 0.2) is 11.6 Å². The van der Waals surface area contributed by atoms with E-state index < -0.39 is 75.1 Å². The van der Waals surface area contributed by atoms with Crippen molar-refractivity contribution in [2.45, 2.75) is 37.2 Å². The number of benzene rings is 3. The first kappa shape index (κ1) is 34.0. The van der Waals surface area contributed by atoms with Crippen LogP contribution in [0, 0.1) is 11.7 Å². The molecule has 1 saturated carbocycles. The van der Waals surface area contributed by atoms with Gasteiger partial charge in [-0.05, 0) is 71.1 Å². The van der Waals surface area contributed by atoms with Crippen molar-refractivity contribution in [3.8, 4) is 5.75 Å². The number of nitrogens with zero attached hydrogens (tertiary/aromatic N) is 1. The monoisotopic (exact) mass is 718 g/mol. The molecule has 0 aliphatic heterocycles. The van der Waals surface area contributed by atoms with Crippen molar-refractivity contribution in [3.63, 3.8) is 0 Å². The molecule has 1 fully saturated rings. The molecule has 0 heterocycles. The molecule has 0 bridgehead atoms. The second-order valence-electron chi connectivity index (χ2n) is 9.85. The zero-order chi connectivity index (χ0) is 33.5. The van der Waals surface area contributed by atoms with Gasteiger partial charge in [-0.3, -0.25) is 9.59 Å². The number of rotatable bonds is 8. The van der Waals surface area contributed by atoms with Crippen LogP contribution < -0.4 is 15.0 Å². The van der Waals surface area contributed by atoms with E-state index in [1.807, 2.05) is 0 Å². The summed E-state index contributed by atoms with van der Waals surface area (Å²) >= 11 is 2.46. The Morgan fingerprint density at radius 3 is 2.00 bits per heavy atom. The van der Waals surface area contributed by atoms with Crippen LogP contribution in [0.5, 0.6) is 5.75 Å². The molecule has 5 nitrogen and oxygen atoms in total. The fourth-order valence-corrected chi connectivity index (χ4v) is 4.81. The summed E-state index contributed by atoms with van der Waals surface area (Å²) < 4.78 is 152. The molecule has 45 heavy (non-hydrogen) atoms. The van der Waals surface area contributed by atoms with Crippen LogP contribution in [0.1, 0.15) is 39.1 Å². The van der Waals surface area contributed by atoms with E-state index in [-0.39, 0.29) is 29.8 Å². The number of ether oxygens (including phenoxy) is 1. The lowest BCUT2D eigenvalue weighted by molar-refractivity contribution is -0.348. The molecule has 0 radical (unpaired) electrons. The summed E-state index contributed by atoms with van der Waals surface area (Å²) in [7, 11) is 0. The van der Waals surface area contributed by atoms with Crippen molar-refractivity contribution in [2.24, 2.45) is 5.92 Å². The third kappa shape index (κ3) is 7.17. The lowest BCUT2D eigenvalue weighted by Crippen LogP contribution is -2.50. The van der Waals surface area contributed by atoms with Gasteiger partial charge in [0.2, 0.25) is 0 Å². The molecule has 4 rings (SSSR count). The van der Waals surface area contributed by atoms with Gasteiger partial charge in [0.05, 0.1) is 16.9 Å². The van der Waals surface area contributed by atoms with Gasteiger partial charge in [0, 0.05) is 22.1 Å². The van der Waals surface area contributed by atoms with Gasteiger partial charge in [-0.1, -0.05) is 24.3 Å². The first-order chi connectivity index (χ1) is 20.7. The number of alkyl halides is 10. The highest BCUT2D eigenvalue weighted by Gasteiger charge is 2.73. The van der Waals surface area contributed by atoms with Gasteiger partial charge in [-0.15, -0.1) is 13.2 Å². The predicted molar refractivity (Wildman–Crippen MR) is 141 cm³/mol. The first-order valence-electron chi connectivity index (χ1n) is 12.6. The van der Waals surface area contributed by atoms with Crippen molar-refractivity contribution in [1.29, 1.82) is 0 Å². The topological polar surface area (TPSA) is 58.6 Å². The number of hydrogen-bond acceptors (Lipinski definition) is 3. The molecule has 3 aromatic rings. The Bertz CT molecular complexity index is 1570. The molecule has 0 aromatic heterocycles. The van der Waals surface area contributed by atoms with Crippen LogP contribution in [0.4, 0.5) is 59.7 Å². The molecular formula is C28H18BrF11N2O3. The lowest BCUT2D eigenvalue weighted by Gasteiger charge is -2.31. The molecule has 242 valence electrons. The SMILES string of the molecule is O=C(Nc1c(Br)cc(C(F)(C(F)(F)F)C(F)(F)F)cc1OC(F)(F)F)c1cccc(N(CC2CC2)C(=O)c2ccccc2)c1F. The zero-order valence-corrected chi connectivity index (χ0v) is 23.8. The van der Waals surface area contributed by atoms with Gasteiger partial charge in [0.1, 0.15) is 0 Å². The first-order valence-corrected chi connectivity index (χ1v) is 13.4. The predicted octanol–water partition coefficient (Wildman–Crippen LogP) is 9.09. The van der Waals surface area contributed by atoms with E-state index >= 15 is 4.39 Å². The number of halogens is 12. The minimum absolute atomic E-state index is 0.0158. The van der Waals surface area contributed by atoms with Crippen molar-refractivity contribution in [1.82, 2.24) is 0 Å². The minimum Gasteiger partial charge on any atom is -0.404 e. The quantitative estimate of drug-likeness (QED) is 0.237. The summed E-state index contributed by atoms with van der Waals surface area (Å²) in [6.07, 6.45) is -17.7. The van der Waals surface area contributed by atoms with E-state index in [2.05, 4.69) is 20.7 Å². The molecule has 1 N–H and O–H groups in total. The number of hydrogen-bond donors (Lipinski definition) is 1. The maximum Gasteiger partial charge on any atom is 0.573 e. The molecule has 2 amide bonds. The van der Waals surface area contributed by atoms with Crippen molar-refractivity contribution >= 4 is 39.1 Å². The number of nitrogens with one attached hydrogen (secondary N) is 1.